The summed E-state index contributed by atoms with van der Waals surface area (Å²) in [4.78, 5) is 32.0. The van der Waals surface area contributed by atoms with Gasteiger partial charge in [-0.2, -0.15) is 0 Å². The molecule has 0 spiro atoms. The van der Waals surface area contributed by atoms with Crippen molar-refractivity contribution in [1.29, 1.82) is 0 Å². The van der Waals surface area contributed by atoms with Crippen LogP contribution >= 0.6 is 0 Å². The molecule has 0 aliphatic heterocycles. The number of nitrogens with zero attached hydrogens (tertiary/aromatic N) is 4. The van der Waals surface area contributed by atoms with Crippen LogP contribution in [0.25, 0.3) is 11.0 Å². The second-order valence-electron chi connectivity index (χ2n) is 3.83. The third-order valence-corrected chi connectivity index (χ3v) is 2.64. The molecule has 0 saturated heterocycles. The van der Waals surface area contributed by atoms with Crippen LogP contribution in [0.4, 0.5) is 5.69 Å². The van der Waals surface area contributed by atoms with Gasteiger partial charge in [0.15, 0.2) is 5.52 Å². The molecule has 1 aromatic carbocycles. The zero-order chi connectivity index (χ0) is 15.6. The number of carbonyl (C=O) groups is 1. The summed E-state index contributed by atoms with van der Waals surface area (Å²) in [5, 5.41) is 28.7. The van der Waals surface area contributed by atoms with E-state index in [1.807, 2.05) is 0 Å². The molecule has 1 aromatic heterocycles. The van der Waals surface area contributed by atoms with Crippen molar-refractivity contribution in [1.82, 2.24) is 10.3 Å². The number of ether oxygens (including phenoxy) is 1. The first-order chi connectivity index (χ1) is 9.97. The van der Waals surface area contributed by atoms with Crippen LogP contribution in [0.1, 0.15) is 18.5 Å². The van der Waals surface area contributed by atoms with E-state index in [0.29, 0.717) is 0 Å². The van der Waals surface area contributed by atoms with Crippen molar-refractivity contribution in [2.24, 2.45) is 0 Å². The Morgan fingerprint density at radius 1 is 1.32 bits per heavy atom. The van der Waals surface area contributed by atoms with E-state index in [0.717, 1.165) is 12.1 Å². The number of nitro benzene ring substituents is 1. The number of non-ortho nitro benzene ring substituents is 1. The summed E-state index contributed by atoms with van der Waals surface area (Å²) in [7, 11) is 0. The smallest absolute Gasteiger partial charge is 0.386 e. The molecule has 1 atom stereocenters. The maximum atomic E-state index is 11.7. The van der Waals surface area contributed by atoms with Crippen LogP contribution < -0.4 is 0 Å². The third kappa shape index (κ3) is 3.21. The van der Waals surface area contributed by atoms with Crippen molar-refractivity contribution in [2.75, 3.05) is 6.61 Å². The second-order valence-corrected chi connectivity index (χ2v) is 3.83. The van der Waals surface area contributed by atoms with E-state index in [1.165, 1.54) is 6.92 Å². The largest absolute Gasteiger partial charge is 0.461 e. The standard InChI is InChI=1S/C10H8N4O7.Na/c1-2-20-10(15)9(14(18)19)5-3-4-6(13(16)17)8-7(5)11-21-12-8;/h3-4,9H,2H2,1H3;. The van der Waals surface area contributed by atoms with Gasteiger partial charge in [0.2, 0.25) is 5.52 Å². The fourth-order valence-corrected chi connectivity index (χ4v) is 1.79. The number of hydrogen-bond donors (Lipinski definition) is 0. The zero-order valence-electron chi connectivity index (χ0n) is 11.6. The molecule has 1 heterocycles. The molecule has 11 nitrogen and oxygen atoms in total. The van der Waals surface area contributed by atoms with Gasteiger partial charge in [0, 0.05) is 40.5 Å². The molecule has 0 fully saturated rings. The van der Waals surface area contributed by atoms with Crippen LogP contribution in [0, 0.1) is 20.2 Å². The Balaban J connectivity index is 0.00000242. The molecule has 0 bridgehead atoms. The number of esters is 1. The molecule has 0 N–H and O–H groups in total. The van der Waals surface area contributed by atoms with Gasteiger partial charge in [0.1, 0.15) is 0 Å². The predicted octanol–water partition coefficient (Wildman–Crippen LogP) is 0.631. The average Bonchev–Trinajstić information content (AvgIpc) is 2.87. The number of fused-ring (bicyclic) bond motifs is 1. The molecule has 0 amide bonds. The van der Waals surface area contributed by atoms with Gasteiger partial charge < -0.3 is 4.74 Å². The number of rotatable bonds is 5. The van der Waals surface area contributed by atoms with Gasteiger partial charge in [-0.15, -0.1) is 0 Å². The molecule has 0 aliphatic carbocycles. The number of aromatic nitrogens is 2. The van der Waals surface area contributed by atoms with Crippen molar-refractivity contribution in [3.63, 3.8) is 0 Å². The minimum Gasteiger partial charge on any atom is -0.461 e. The van der Waals surface area contributed by atoms with Gasteiger partial charge in [-0.25, -0.2) is 9.42 Å². The van der Waals surface area contributed by atoms with Gasteiger partial charge in [-0.1, -0.05) is 0 Å². The van der Waals surface area contributed by atoms with Gasteiger partial charge in [-0.05, 0) is 23.3 Å². The van der Waals surface area contributed by atoms with E-state index in [-0.39, 0.29) is 52.8 Å². The summed E-state index contributed by atoms with van der Waals surface area (Å²) < 4.78 is 9.02. The molecule has 2 aromatic rings. The van der Waals surface area contributed by atoms with Crippen molar-refractivity contribution >= 4 is 52.2 Å². The van der Waals surface area contributed by atoms with E-state index < -0.39 is 27.5 Å². The van der Waals surface area contributed by atoms with Crippen LogP contribution in [-0.2, 0) is 9.53 Å². The molecule has 22 heavy (non-hydrogen) atoms. The predicted molar refractivity (Wildman–Crippen MR) is 70.6 cm³/mol. The van der Waals surface area contributed by atoms with Crippen molar-refractivity contribution < 1.29 is 24.0 Å². The monoisotopic (exact) mass is 319 g/mol. The Labute approximate surface area is 144 Å². The van der Waals surface area contributed by atoms with Crippen LogP contribution in [-0.4, -0.2) is 62.3 Å². The van der Waals surface area contributed by atoms with E-state index in [9.17, 15) is 25.0 Å². The molecule has 12 heteroatoms. The third-order valence-electron chi connectivity index (χ3n) is 2.64. The summed E-state index contributed by atoms with van der Waals surface area (Å²) in [6, 6.07) is 0.201. The SMILES string of the molecule is CCOC(=O)C(c1ccc([N+](=O)[O-])c2nonc12)[N+](=O)[O-].[Na]. The fraction of sp³-hybridized carbons (Fsp3) is 0.300. The Morgan fingerprint density at radius 2 is 1.95 bits per heavy atom. The molecule has 2 rings (SSSR count). The van der Waals surface area contributed by atoms with Crippen LogP contribution in [0.3, 0.4) is 0 Å². The van der Waals surface area contributed by atoms with E-state index >= 15 is 0 Å². The topological polar surface area (TPSA) is 152 Å². The van der Waals surface area contributed by atoms with Crippen LogP contribution in [0.15, 0.2) is 16.8 Å². The van der Waals surface area contributed by atoms with Crippen LogP contribution in [0.2, 0.25) is 0 Å². The number of nitro groups is 2. The molecular weight excluding hydrogens is 311 g/mol. The minimum absolute atomic E-state index is 0. The molecule has 0 saturated carbocycles. The fourth-order valence-electron chi connectivity index (χ4n) is 1.79. The first kappa shape index (κ1) is 17.9. The Kier molecular flexibility index (Phi) is 5.91. The number of hydrogen-bond acceptors (Lipinski definition) is 9. The summed E-state index contributed by atoms with van der Waals surface area (Å²) >= 11 is 0. The van der Waals surface area contributed by atoms with Crippen molar-refractivity contribution in [3.05, 3.63) is 37.9 Å². The van der Waals surface area contributed by atoms with Crippen LogP contribution in [0.5, 0.6) is 0 Å². The summed E-state index contributed by atoms with van der Waals surface area (Å²) in [5.41, 5.74) is -1.10. The zero-order valence-corrected chi connectivity index (χ0v) is 13.6. The van der Waals surface area contributed by atoms with E-state index in [1.54, 1.807) is 0 Å². The van der Waals surface area contributed by atoms with Crippen molar-refractivity contribution in [2.45, 2.75) is 13.0 Å². The quantitative estimate of drug-likeness (QED) is 0.334. The summed E-state index contributed by atoms with van der Waals surface area (Å²) in [5.74, 6) is -1.10. The molecular formula is C10H8N4NaO7. The number of benzene rings is 1. The molecule has 111 valence electrons. The van der Waals surface area contributed by atoms with Gasteiger partial charge >= 0.3 is 17.7 Å². The van der Waals surface area contributed by atoms with Gasteiger partial charge in [-0.3, -0.25) is 20.2 Å². The number of carbonyl (C=O) groups excluding carboxylic acids is 1. The Bertz CT molecular complexity index is 731. The van der Waals surface area contributed by atoms with Gasteiger partial charge in [0.05, 0.1) is 17.1 Å². The minimum atomic E-state index is -1.86. The second kappa shape index (κ2) is 7.24. The normalized spacial score (nSPS) is 11.5. The van der Waals surface area contributed by atoms with E-state index in [4.69, 9.17) is 0 Å². The first-order valence-corrected chi connectivity index (χ1v) is 5.67. The maximum Gasteiger partial charge on any atom is 0.386 e. The molecule has 1 unspecified atom stereocenters. The van der Waals surface area contributed by atoms with E-state index in [2.05, 4.69) is 19.7 Å². The van der Waals surface area contributed by atoms with Crippen molar-refractivity contribution in [3.8, 4) is 0 Å². The Hall–Kier alpha value is -2.11. The molecule has 0 aliphatic rings. The Morgan fingerprint density at radius 3 is 2.50 bits per heavy atom. The average molecular weight is 319 g/mol. The summed E-state index contributed by atoms with van der Waals surface area (Å²) in [6.07, 6.45) is 0. The maximum absolute atomic E-state index is 11.7. The first-order valence-electron chi connectivity index (χ1n) is 5.67. The molecule has 1 radical (unpaired) electrons. The summed E-state index contributed by atoms with van der Waals surface area (Å²) in [6.45, 7) is 1.45. The van der Waals surface area contributed by atoms with Gasteiger partial charge in [0.25, 0.3) is 0 Å².